The molecule has 0 saturated carbocycles. The summed E-state index contributed by atoms with van der Waals surface area (Å²) in [5, 5.41) is 18.5. The van der Waals surface area contributed by atoms with Crippen molar-refractivity contribution in [1.82, 2.24) is 4.90 Å². The fraction of sp³-hybridized carbons (Fsp3) is 0.385. The molecule has 0 aromatic heterocycles. The van der Waals surface area contributed by atoms with Crippen molar-refractivity contribution in [2.24, 2.45) is 0 Å². The molecule has 1 aliphatic rings. The summed E-state index contributed by atoms with van der Waals surface area (Å²) >= 11 is 0. The fourth-order valence-electron chi connectivity index (χ4n) is 2.25. The van der Waals surface area contributed by atoms with Gasteiger partial charge in [-0.25, -0.2) is 13.6 Å². The molecule has 1 fully saturated rings. The van der Waals surface area contributed by atoms with Crippen molar-refractivity contribution in [3.05, 3.63) is 34.9 Å². The quantitative estimate of drug-likeness (QED) is 0.847. The summed E-state index contributed by atoms with van der Waals surface area (Å²) < 4.78 is 26.8. The molecule has 1 heterocycles. The van der Waals surface area contributed by atoms with Gasteiger partial charge in [0.05, 0.1) is 11.7 Å². The third kappa shape index (κ3) is 2.49. The number of likely N-dealkylation sites (tertiary alicyclic amines) is 1. The molecule has 2 rings (SSSR count). The number of hydrogen-bond donors (Lipinski definition) is 2. The molecule has 20 heavy (non-hydrogen) atoms. The Bertz CT molecular complexity index is 576. The van der Waals surface area contributed by atoms with E-state index in [-0.39, 0.29) is 18.5 Å². The number of aryl methyl sites for hydroxylation is 1. The number of rotatable bonds is 2. The van der Waals surface area contributed by atoms with Gasteiger partial charge in [-0.05, 0) is 18.6 Å². The monoisotopic (exact) mass is 285 g/mol. The molecule has 5 nitrogen and oxygen atoms in total. The first-order valence-electron chi connectivity index (χ1n) is 5.98. The van der Waals surface area contributed by atoms with E-state index >= 15 is 0 Å². The van der Waals surface area contributed by atoms with E-state index < -0.39 is 41.2 Å². The third-order valence-electron chi connectivity index (χ3n) is 3.30. The minimum absolute atomic E-state index is 0.0846. The topological polar surface area (TPSA) is 77.8 Å². The normalized spacial score (nSPS) is 22.1. The molecular weight excluding hydrogens is 272 g/mol. The second-order valence-corrected chi connectivity index (χ2v) is 4.78. The van der Waals surface area contributed by atoms with Crippen molar-refractivity contribution in [2.75, 3.05) is 6.54 Å². The van der Waals surface area contributed by atoms with Gasteiger partial charge in [-0.2, -0.15) is 0 Å². The van der Waals surface area contributed by atoms with E-state index in [1.165, 1.54) is 6.92 Å². The smallest absolute Gasteiger partial charge is 0.326 e. The van der Waals surface area contributed by atoms with Gasteiger partial charge in [-0.15, -0.1) is 0 Å². The van der Waals surface area contributed by atoms with E-state index in [1.54, 1.807) is 0 Å². The van der Waals surface area contributed by atoms with Crippen molar-refractivity contribution >= 4 is 11.9 Å². The van der Waals surface area contributed by atoms with Crippen LogP contribution in [0.25, 0.3) is 0 Å². The first kappa shape index (κ1) is 14.4. The van der Waals surface area contributed by atoms with Crippen molar-refractivity contribution in [3.8, 4) is 0 Å². The predicted molar refractivity (Wildman–Crippen MR) is 64.2 cm³/mol. The molecule has 0 spiro atoms. The molecule has 1 saturated heterocycles. The van der Waals surface area contributed by atoms with Crippen LogP contribution in [-0.4, -0.2) is 45.7 Å². The summed E-state index contributed by atoms with van der Waals surface area (Å²) in [6.45, 7) is 1.19. The molecular formula is C13H13F2NO4. The average molecular weight is 285 g/mol. The van der Waals surface area contributed by atoms with Crippen LogP contribution in [0, 0.1) is 18.6 Å². The Kier molecular flexibility index (Phi) is 3.71. The van der Waals surface area contributed by atoms with E-state index in [0.717, 1.165) is 11.0 Å². The van der Waals surface area contributed by atoms with Crippen LogP contribution in [0.2, 0.25) is 0 Å². The van der Waals surface area contributed by atoms with Crippen LogP contribution in [0.5, 0.6) is 0 Å². The van der Waals surface area contributed by atoms with Gasteiger partial charge in [0.2, 0.25) is 0 Å². The molecule has 2 atom stereocenters. The number of aliphatic carboxylic acids is 1. The second kappa shape index (κ2) is 5.16. The van der Waals surface area contributed by atoms with E-state index in [2.05, 4.69) is 0 Å². The van der Waals surface area contributed by atoms with Crippen LogP contribution in [0.1, 0.15) is 22.3 Å². The van der Waals surface area contributed by atoms with E-state index in [0.29, 0.717) is 6.07 Å². The summed E-state index contributed by atoms with van der Waals surface area (Å²) in [6, 6.07) is 0.420. The highest BCUT2D eigenvalue weighted by Crippen LogP contribution is 2.23. The zero-order valence-corrected chi connectivity index (χ0v) is 10.6. The van der Waals surface area contributed by atoms with Crippen LogP contribution in [0.4, 0.5) is 8.78 Å². The van der Waals surface area contributed by atoms with Gasteiger partial charge in [0.15, 0.2) is 0 Å². The zero-order chi connectivity index (χ0) is 15.0. The van der Waals surface area contributed by atoms with Crippen LogP contribution in [0.15, 0.2) is 12.1 Å². The lowest BCUT2D eigenvalue weighted by molar-refractivity contribution is -0.141. The number of carbonyl (C=O) groups is 2. The first-order valence-corrected chi connectivity index (χ1v) is 5.98. The van der Waals surface area contributed by atoms with Crippen LogP contribution in [0.3, 0.4) is 0 Å². The maximum absolute atomic E-state index is 13.7. The molecule has 0 unspecified atom stereocenters. The molecule has 1 aliphatic heterocycles. The Morgan fingerprint density at radius 3 is 2.55 bits per heavy atom. The summed E-state index contributed by atoms with van der Waals surface area (Å²) in [5.74, 6) is -3.97. The summed E-state index contributed by atoms with van der Waals surface area (Å²) in [7, 11) is 0. The standard InChI is InChI=1S/C13H13F2NO4/c1-6-2-8(10(15)4-9(6)14)12(18)16-5-7(17)3-11(16)13(19)20/h2,4,7,11,17H,3,5H2,1H3,(H,19,20)/t7-,11-/m0/s1. The number of aliphatic hydroxyl groups is 1. The van der Waals surface area contributed by atoms with Gasteiger partial charge in [0.1, 0.15) is 17.7 Å². The number of hydrogen-bond acceptors (Lipinski definition) is 3. The number of halogens is 2. The van der Waals surface area contributed by atoms with Gasteiger partial charge < -0.3 is 15.1 Å². The highest BCUT2D eigenvalue weighted by molar-refractivity contribution is 5.97. The predicted octanol–water partition coefficient (Wildman–Crippen LogP) is 0.933. The summed E-state index contributed by atoms with van der Waals surface area (Å²) in [4.78, 5) is 24.1. The van der Waals surface area contributed by atoms with Gasteiger partial charge in [-0.3, -0.25) is 4.79 Å². The van der Waals surface area contributed by atoms with Crippen LogP contribution >= 0.6 is 0 Å². The minimum atomic E-state index is -1.27. The van der Waals surface area contributed by atoms with Gasteiger partial charge in [0, 0.05) is 19.0 Å². The number of amides is 1. The van der Waals surface area contributed by atoms with Crippen LogP contribution in [-0.2, 0) is 4.79 Å². The number of benzene rings is 1. The molecule has 0 bridgehead atoms. The molecule has 2 N–H and O–H groups in total. The zero-order valence-electron chi connectivity index (χ0n) is 10.6. The Balaban J connectivity index is 2.36. The minimum Gasteiger partial charge on any atom is -0.480 e. The molecule has 1 amide bonds. The number of aliphatic hydroxyl groups excluding tert-OH is 1. The van der Waals surface area contributed by atoms with Crippen molar-refractivity contribution in [1.29, 1.82) is 0 Å². The average Bonchev–Trinajstić information content (AvgIpc) is 2.75. The summed E-state index contributed by atoms with van der Waals surface area (Å²) in [6.07, 6.45) is -1.08. The number of β-amino-alcohol motifs (C(OH)–C–C–N with tert-alkyl or cyclic N) is 1. The maximum atomic E-state index is 13.7. The second-order valence-electron chi connectivity index (χ2n) is 4.78. The molecule has 0 aliphatic carbocycles. The van der Waals surface area contributed by atoms with E-state index in [4.69, 9.17) is 5.11 Å². The van der Waals surface area contributed by atoms with Crippen molar-refractivity contribution < 1.29 is 28.6 Å². The molecule has 1 aromatic carbocycles. The SMILES string of the molecule is Cc1cc(C(=O)N2C[C@@H](O)C[C@H]2C(=O)O)c(F)cc1F. The number of nitrogens with zero attached hydrogens (tertiary/aromatic N) is 1. The first-order chi connectivity index (χ1) is 9.31. The lowest BCUT2D eigenvalue weighted by Gasteiger charge is -2.21. The maximum Gasteiger partial charge on any atom is 0.326 e. The number of carboxylic acids is 1. The highest BCUT2D eigenvalue weighted by Gasteiger charge is 2.40. The molecule has 7 heteroatoms. The van der Waals surface area contributed by atoms with Crippen molar-refractivity contribution in [3.63, 3.8) is 0 Å². The lowest BCUT2D eigenvalue weighted by Crippen LogP contribution is -2.41. The Hall–Kier alpha value is -2.02. The van der Waals surface area contributed by atoms with E-state index in [1.807, 2.05) is 0 Å². The largest absolute Gasteiger partial charge is 0.480 e. The lowest BCUT2D eigenvalue weighted by atomic mass is 10.1. The fourth-order valence-corrected chi connectivity index (χ4v) is 2.25. The van der Waals surface area contributed by atoms with Gasteiger partial charge in [-0.1, -0.05) is 0 Å². The molecule has 108 valence electrons. The van der Waals surface area contributed by atoms with Gasteiger partial charge >= 0.3 is 5.97 Å². The molecule has 1 aromatic rings. The van der Waals surface area contributed by atoms with Crippen LogP contribution < -0.4 is 0 Å². The highest BCUT2D eigenvalue weighted by atomic mass is 19.1. The Morgan fingerprint density at radius 2 is 1.95 bits per heavy atom. The Labute approximate surface area is 113 Å². The third-order valence-corrected chi connectivity index (χ3v) is 3.30. The summed E-state index contributed by atoms with van der Waals surface area (Å²) in [5.41, 5.74) is -0.314. The van der Waals surface area contributed by atoms with Gasteiger partial charge in [0.25, 0.3) is 5.91 Å². The molecule has 0 radical (unpaired) electrons. The van der Waals surface area contributed by atoms with E-state index in [9.17, 15) is 23.5 Å². The number of carbonyl (C=O) groups excluding carboxylic acids is 1. The number of carboxylic acid groups (broad SMARTS) is 1. The Morgan fingerprint density at radius 1 is 1.30 bits per heavy atom. The van der Waals surface area contributed by atoms with Crippen molar-refractivity contribution in [2.45, 2.75) is 25.5 Å².